The van der Waals surface area contributed by atoms with E-state index in [0.717, 1.165) is 0 Å². The van der Waals surface area contributed by atoms with E-state index in [1.54, 1.807) is 19.1 Å². The Morgan fingerprint density at radius 1 is 1.50 bits per heavy atom. The van der Waals surface area contributed by atoms with Gasteiger partial charge in [0, 0.05) is 24.5 Å². The van der Waals surface area contributed by atoms with E-state index in [4.69, 9.17) is 29.6 Å². The average molecular weight is 307 g/mol. The molecule has 0 spiro atoms. The molecule has 0 atom stereocenters. The molecule has 0 bridgehead atoms. The zero-order valence-electron chi connectivity index (χ0n) is 9.97. The summed E-state index contributed by atoms with van der Waals surface area (Å²) in [5, 5.41) is 0.390. The Morgan fingerprint density at radius 3 is 2.67 bits per heavy atom. The SMILES string of the molecule is CCN(CCC(N)=S)S(=O)(=O)c1cccc(Cl)c1. The first-order valence-electron chi connectivity index (χ1n) is 5.42. The number of halogens is 1. The van der Waals surface area contributed by atoms with Gasteiger partial charge in [-0.05, 0) is 18.2 Å². The van der Waals surface area contributed by atoms with Crippen LogP contribution in [-0.4, -0.2) is 30.8 Å². The number of benzene rings is 1. The van der Waals surface area contributed by atoms with Crippen LogP contribution in [0.1, 0.15) is 13.3 Å². The molecule has 0 saturated carbocycles. The van der Waals surface area contributed by atoms with E-state index in [2.05, 4.69) is 0 Å². The lowest BCUT2D eigenvalue weighted by Crippen LogP contribution is -2.33. The maximum atomic E-state index is 12.3. The zero-order valence-corrected chi connectivity index (χ0v) is 12.4. The van der Waals surface area contributed by atoms with Crippen LogP contribution in [0.2, 0.25) is 5.02 Å². The lowest BCUT2D eigenvalue weighted by atomic mass is 10.4. The van der Waals surface area contributed by atoms with Gasteiger partial charge >= 0.3 is 0 Å². The van der Waals surface area contributed by atoms with Crippen LogP contribution < -0.4 is 5.73 Å². The number of sulfonamides is 1. The van der Waals surface area contributed by atoms with Gasteiger partial charge in [-0.3, -0.25) is 0 Å². The first-order chi connectivity index (χ1) is 8.37. The average Bonchev–Trinajstić information content (AvgIpc) is 2.29. The van der Waals surface area contributed by atoms with Crippen LogP contribution in [-0.2, 0) is 10.0 Å². The van der Waals surface area contributed by atoms with Gasteiger partial charge in [0.2, 0.25) is 10.0 Å². The summed E-state index contributed by atoms with van der Waals surface area (Å²) < 4.78 is 26.0. The molecule has 0 aromatic heterocycles. The summed E-state index contributed by atoms with van der Waals surface area (Å²) >= 11 is 10.6. The summed E-state index contributed by atoms with van der Waals surface area (Å²) in [7, 11) is -3.54. The predicted molar refractivity (Wildman–Crippen MR) is 77.3 cm³/mol. The van der Waals surface area contributed by atoms with Gasteiger partial charge < -0.3 is 5.73 Å². The van der Waals surface area contributed by atoms with Crippen molar-refractivity contribution in [2.24, 2.45) is 5.73 Å². The molecule has 0 aliphatic heterocycles. The van der Waals surface area contributed by atoms with Gasteiger partial charge in [0.25, 0.3) is 0 Å². The standard InChI is InChI=1S/C11H15ClN2O2S2/c1-2-14(7-6-11(13)17)18(15,16)10-5-3-4-9(12)8-10/h3-5,8H,2,6-7H2,1H3,(H2,13,17). The first-order valence-corrected chi connectivity index (χ1v) is 7.64. The molecule has 4 nitrogen and oxygen atoms in total. The Kier molecular flexibility index (Phi) is 5.52. The monoisotopic (exact) mass is 306 g/mol. The van der Waals surface area contributed by atoms with Crippen LogP contribution in [0, 0.1) is 0 Å². The van der Waals surface area contributed by atoms with Crippen molar-refractivity contribution in [3.63, 3.8) is 0 Å². The molecule has 0 aliphatic carbocycles. The minimum atomic E-state index is -3.54. The van der Waals surface area contributed by atoms with Crippen LogP contribution in [0.5, 0.6) is 0 Å². The summed E-state index contributed by atoms with van der Waals surface area (Å²) in [6, 6.07) is 6.19. The number of hydrogen-bond donors (Lipinski definition) is 1. The third-order valence-electron chi connectivity index (χ3n) is 2.39. The number of nitrogens with zero attached hydrogens (tertiary/aromatic N) is 1. The highest BCUT2D eigenvalue weighted by molar-refractivity contribution is 7.89. The minimum absolute atomic E-state index is 0.180. The molecule has 0 unspecified atom stereocenters. The lowest BCUT2D eigenvalue weighted by Gasteiger charge is -2.20. The van der Waals surface area contributed by atoms with E-state index in [-0.39, 0.29) is 11.4 Å². The summed E-state index contributed by atoms with van der Waals surface area (Å²) in [6.45, 7) is 2.40. The Balaban J connectivity index is 2.99. The zero-order chi connectivity index (χ0) is 13.8. The van der Waals surface area contributed by atoms with Crippen LogP contribution >= 0.6 is 23.8 Å². The number of rotatable bonds is 6. The van der Waals surface area contributed by atoms with Crippen molar-refractivity contribution in [1.29, 1.82) is 0 Å². The van der Waals surface area contributed by atoms with Crippen molar-refractivity contribution in [2.45, 2.75) is 18.2 Å². The van der Waals surface area contributed by atoms with Gasteiger partial charge in [-0.2, -0.15) is 4.31 Å². The molecular weight excluding hydrogens is 292 g/mol. The maximum Gasteiger partial charge on any atom is 0.243 e. The highest BCUT2D eigenvalue weighted by Gasteiger charge is 2.22. The lowest BCUT2D eigenvalue weighted by molar-refractivity contribution is 0.437. The second-order valence-electron chi connectivity index (χ2n) is 3.67. The molecule has 0 fully saturated rings. The van der Waals surface area contributed by atoms with Gasteiger partial charge in [0.15, 0.2) is 0 Å². The van der Waals surface area contributed by atoms with E-state index < -0.39 is 10.0 Å². The molecule has 1 aromatic rings. The van der Waals surface area contributed by atoms with Crippen molar-refractivity contribution in [3.8, 4) is 0 Å². The van der Waals surface area contributed by atoms with Crippen LogP contribution in [0.25, 0.3) is 0 Å². The molecule has 0 aliphatic rings. The second kappa shape index (κ2) is 6.47. The van der Waals surface area contributed by atoms with Crippen molar-refractivity contribution in [3.05, 3.63) is 29.3 Å². The number of hydrogen-bond acceptors (Lipinski definition) is 3. The molecule has 0 saturated heterocycles. The van der Waals surface area contributed by atoms with E-state index in [1.807, 2.05) is 0 Å². The fraction of sp³-hybridized carbons (Fsp3) is 0.364. The van der Waals surface area contributed by atoms with Gasteiger partial charge in [-0.15, -0.1) is 0 Å². The molecule has 2 N–H and O–H groups in total. The van der Waals surface area contributed by atoms with Crippen molar-refractivity contribution < 1.29 is 8.42 Å². The van der Waals surface area contributed by atoms with Crippen molar-refractivity contribution in [1.82, 2.24) is 4.31 Å². The van der Waals surface area contributed by atoms with E-state index in [9.17, 15) is 8.42 Å². The molecule has 0 amide bonds. The van der Waals surface area contributed by atoms with E-state index >= 15 is 0 Å². The largest absolute Gasteiger partial charge is 0.393 e. The fourth-order valence-electron chi connectivity index (χ4n) is 1.46. The molecule has 100 valence electrons. The molecule has 7 heteroatoms. The van der Waals surface area contributed by atoms with Gasteiger partial charge in [0.05, 0.1) is 9.88 Å². The molecular formula is C11H15ClN2O2S2. The summed E-state index contributed by atoms with van der Waals surface area (Å²) in [5.74, 6) is 0. The van der Waals surface area contributed by atoms with Crippen molar-refractivity contribution in [2.75, 3.05) is 13.1 Å². The third-order valence-corrected chi connectivity index (χ3v) is 4.80. The Labute approximate surface area is 118 Å². The van der Waals surface area contributed by atoms with Crippen LogP contribution in [0.15, 0.2) is 29.2 Å². The molecule has 1 aromatic carbocycles. The van der Waals surface area contributed by atoms with Crippen LogP contribution in [0.3, 0.4) is 0 Å². The van der Waals surface area contributed by atoms with E-state index in [0.29, 0.717) is 23.0 Å². The van der Waals surface area contributed by atoms with Gasteiger partial charge in [-0.1, -0.05) is 36.8 Å². The minimum Gasteiger partial charge on any atom is -0.393 e. The molecule has 0 radical (unpaired) electrons. The molecule has 1 rings (SSSR count). The molecule has 18 heavy (non-hydrogen) atoms. The Morgan fingerprint density at radius 2 is 2.17 bits per heavy atom. The van der Waals surface area contributed by atoms with Crippen LogP contribution in [0.4, 0.5) is 0 Å². The summed E-state index contributed by atoms with van der Waals surface area (Å²) in [6.07, 6.45) is 0.364. The number of thiocarbonyl (C=S) groups is 1. The summed E-state index contributed by atoms with van der Waals surface area (Å²) in [4.78, 5) is 0.481. The van der Waals surface area contributed by atoms with Gasteiger partial charge in [-0.25, -0.2) is 8.42 Å². The highest BCUT2D eigenvalue weighted by atomic mass is 35.5. The van der Waals surface area contributed by atoms with E-state index in [1.165, 1.54) is 16.4 Å². The normalized spacial score (nSPS) is 11.7. The maximum absolute atomic E-state index is 12.3. The van der Waals surface area contributed by atoms with Crippen molar-refractivity contribution >= 4 is 38.8 Å². The number of nitrogens with two attached hydrogens (primary N) is 1. The fourth-order valence-corrected chi connectivity index (χ4v) is 3.30. The smallest absolute Gasteiger partial charge is 0.243 e. The molecule has 0 heterocycles. The Hall–Kier alpha value is -0.690. The Bertz CT molecular complexity index is 532. The first kappa shape index (κ1) is 15.4. The second-order valence-corrected chi connectivity index (χ2v) is 6.57. The third kappa shape index (κ3) is 3.91. The quantitative estimate of drug-likeness (QED) is 0.817. The highest BCUT2D eigenvalue weighted by Crippen LogP contribution is 2.19. The van der Waals surface area contributed by atoms with Gasteiger partial charge in [0.1, 0.15) is 0 Å². The summed E-state index contributed by atoms with van der Waals surface area (Å²) in [5.41, 5.74) is 5.39. The topological polar surface area (TPSA) is 63.4 Å². The predicted octanol–water partition coefficient (Wildman–Crippen LogP) is 2.03.